The van der Waals surface area contributed by atoms with E-state index in [1.54, 1.807) is 0 Å². The van der Waals surface area contributed by atoms with Crippen LogP contribution >= 0.6 is 0 Å². The first kappa shape index (κ1) is 19.1. The Labute approximate surface area is 111 Å². The zero-order valence-electron chi connectivity index (χ0n) is 8.46. The van der Waals surface area contributed by atoms with Gasteiger partial charge in [-0.1, -0.05) is 25.8 Å². The first-order valence-electron chi connectivity index (χ1n) is 3.94. The fourth-order valence-corrected chi connectivity index (χ4v) is 0.898. The molecule has 1 saturated carbocycles. The van der Waals surface area contributed by atoms with Gasteiger partial charge in [0.05, 0.1) is 0 Å². The second-order valence-corrected chi connectivity index (χ2v) is 2.47. The molecule has 1 fully saturated rings. The van der Waals surface area contributed by atoms with Crippen LogP contribution in [0.15, 0.2) is 12.7 Å². The summed E-state index contributed by atoms with van der Waals surface area (Å²) in [6.07, 6.45) is 10.3. The summed E-state index contributed by atoms with van der Waals surface area (Å²) in [5.41, 5.74) is 0. The fourth-order valence-electron chi connectivity index (χ4n) is 0.898. The van der Waals surface area contributed by atoms with Crippen LogP contribution < -0.4 is 0 Å². The molecule has 0 heterocycles. The van der Waals surface area contributed by atoms with E-state index in [1.165, 1.54) is 32.1 Å². The van der Waals surface area contributed by atoms with E-state index in [0.717, 1.165) is 6.08 Å². The number of rotatable bonds is 1. The first-order valence-corrected chi connectivity index (χ1v) is 3.94. The Hall–Kier alpha value is 0.470. The largest absolute Gasteiger partial charge is 2.00 e. The van der Waals surface area contributed by atoms with Gasteiger partial charge in [0, 0.05) is 6.08 Å². The van der Waals surface area contributed by atoms with E-state index < -0.39 is 5.97 Å². The predicted molar refractivity (Wildman–Crippen MR) is 57.4 cm³/mol. The molecule has 72 valence electrons. The number of carboxylic acids is 1. The molecule has 0 aromatic carbocycles. The molecule has 0 atom stereocenters. The summed E-state index contributed by atoms with van der Waals surface area (Å²) in [5.74, 6) is -0.981. The minimum Gasteiger partial charge on any atom is -0.478 e. The van der Waals surface area contributed by atoms with E-state index in [-0.39, 0.29) is 45.2 Å². The minimum absolute atomic E-state index is 0. The summed E-state index contributed by atoms with van der Waals surface area (Å²) in [6, 6.07) is 0. The van der Waals surface area contributed by atoms with Crippen molar-refractivity contribution in [2.24, 2.45) is 0 Å². The van der Waals surface area contributed by atoms with Gasteiger partial charge in [-0.15, -0.1) is 0 Å². The molecule has 0 aromatic rings. The van der Waals surface area contributed by atoms with Crippen molar-refractivity contribution in [1.29, 1.82) is 0 Å². The average Bonchev–Trinajstić information content (AvgIpc) is 2.09. The molecule has 1 aliphatic rings. The maximum Gasteiger partial charge on any atom is 2.00 e. The Bertz CT molecular complexity index is 109. The van der Waals surface area contributed by atoms with E-state index in [1.807, 2.05) is 0 Å². The van der Waals surface area contributed by atoms with Gasteiger partial charge in [0.2, 0.25) is 0 Å². The van der Waals surface area contributed by atoms with Gasteiger partial charge >= 0.3 is 43.7 Å². The van der Waals surface area contributed by atoms with Crippen LogP contribution in [0.2, 0.25) is 0 Å². The van der Waals surface area contributed by atoms with E-state index in [4.69, 9.17) is 5.11 Å². The van der Waals surface area contributed by atoms with Crippen molar-refractivity contribution >= 4 is 43.7 Å². The number of aliphatic carboxylic acids is 1. The van der Waals surface area contributed by atoms with Crippen LogP contribution in [0.3, 0.4) is 0 Å². The van der Waals surface area contributed by atoms with Gasteiger partial charge in [0.1, 0.15) is 0 Å². The van der Waals surface area contributed by atoms with Crippen molar-refractivity contribution in [3.05, 3.63) is 26.5 Å². The van der Waals surface area contributed by atoms with Crippen LogP contribution in [0.1, 0.15) is 32.1 Å². The maximum atomic E-state index is 9.25. The van der Waals surface area contributed by atoms with Crippen LogP contribution in [-0.4, -0.2) is 48.8 Å². The number of carbonyl (C=O) groups is 1. The Morgan fingerprint density at radius 3 is 1.77 bits per heavy atom. The fraction of sp³-hybridized carbons (Fsp3) is 0.500. The standard InChI is InChI=1S/C6H11.C3H4O2.CH3.Ca/c1-2-4-6-5-3-1;1-2-3(4)5;;/h1H,2-6H2;2H,1H2,(H,4,5);1H3;/q-1;;-1;+2. The van der Waals surface area contributed by atoms with Gasteiger partial charge in [0.25, 0.3) is 0 Å². The third kappa shape index (κ3) is 19.1. The van der Waals surface area contributed by atoms with Crippen LogP contribution in [0.4, 0.5) is 0 Å². The third-order valence-corrected chi connectivity index (χ3v) is 1.49. The zero-order chi connectivity index (χ0) is 8.53. The van der Waals surface area contributed by atoms with Crippen LogP contribution in [0.5, 0.6) is 0 Å². The van der Waals surface area contributed by atoms with Crippen molar-refractivity contribution in [3.8, 4) is 0 Å². The molecule has 0 bridgehead atoms. The Kier molecular flexibility index (Phi) is 22.0. The molecule has 1 rings (SSSR count). The molecule has 1 aliphatic carbocycles. The average molecular weight is 210 g/mol. The Balaban J connectivity index is -0.000000136. The maximum absolute atomic E-state index is 9.25. The Morgan fingerprint density at radius 2 is 1.69 bits per heavy atom. The normalized spacial score (nSPS) is 13.5. The summed E-state index contributed by atoms with van der Waals surface area (Å²) in [7, 11) is 0. The van der Waals surface area contributed by atoms with Gasteiger partial charge in [-0.2, -0.15) is 12.8 Å². The monoisotopic (exact) mass is 210 g/mol. The number of hydrogen-bond donors (Lipinski definition) is 1. The number of hydrogen-bond acceptors (Lipinski definition) is 1. The molecule has 13 heavy (non-hydrogen) atoms. The quantitative estimate of drug-likeness (QED) is 0.410. The molecular formula is C10H18CaO2. The topological polar surface area (TPSA) is 37.3 Å². The molecule has 0 spiro atoms. The van der Waals surface area contributed by atoms with Crippen molar-refractivity contribution in [2.45, 2.75) is 32.1 Å². The second-order valence-electron chi connectivity index (χ2n) is 2.47. The summed E-state index contributed by atoms with van der Waals surface area (Å²) in [5, 5.41) is 7.60. The molecule has 0 aliphatic heterocycles. The minimum atomic E-state index is -0.981. The molecule has 2 nitrogen and oxygen atoms in total. The van der Waals surface area contributed by atoms with E-state index in [2.05, 4.69) is 13.0 Å². The van der Waals surface area contributed by atoms with Crippen molar-refractivity contribution in [3.63, 3.8) is 0 Å². The molecular weight excluding hydrogens is 192 g/mol. The van der Waals surface area contributed by atoms with Crippen molar-refractivity contribution in [2.75, 3.05) is 0 Å². The molecule has 0 radical (unpaired) electrons. The smallest absolute Gasteiger partial charge is 0.478 e. The predicted octanol–water partition coefficient (Wildman–Crippen LogP) is 2.48. The van der Waals surface area contributed by atoms with E-state index in [0.29, 0.717) is 0 Å². The summed E-state index contributed by atoms with van der Waals surface area (Å²) < 4.78 is 0. The van der Waals surface area contributed by atoms with Crippen LogP contribution in [-0.2, 0) is 4.79 Å². The summed E-state index contributed by atoms with van der Waals surface area (Å²) >= 11 is 0. The first-order chi connectivity index (χ1) is 5.27. The third-order valence-electron chi connectivity index (χ3n) is 1.49. The molecule has 0 unspecified atom stereocenters. The van der Waals surface area contributed by atoms with Crippen LogP contribution in [0.25, 0.3) is 0 Å². The van der Waals surface area contributed by atoms with E-state index in [9.17, 15) is 4.79 Å². The number of carboxylic acid groups (broad SMARTS) is 1. The molecule has 0 aromatic heterocycles. The Morgan fingerprint density at radius 1 is 1.31 bits per heavy atom. The molecule has 3 heteroatoms. The van der Waals surface area contributed by atoms with Crippen molar-refractivity contribution in [1.82, 2.24) is 0 Å². The van der Waals surface area contributed by atoms with Crippen molar-refractivity contribution < 1.29 is 9.90 Å². The SMILES string of the molecule is C=CC(=O)O.[CH-]1CCCCC1.[CH3-].[Ca+2]. The second kappa shape index (κ2) is 15.0. The molecule has 0 amide bonds. The van der Waals surface area contributed by atoms with Gasteiger partial charge < -0.3 is 19.0 Å². The van der Waals surface area contributed by atoms with Gasteiger partial charge in [-0.05, 0) is 0 Å². The van der Waals surface area contributed by atoms with E-state index >= 15 is 0 Å². The van der Waals surface area contributed by atoms with Crippen LogP contribution in [0, 0.1) is 13.8 Å². The van der Waals surface area contributed by atoms with Gasteiger partial charge in [0.15, 0.2) is 0 Å². The summed E-state index contributed by atoms with van der Waals surface area (Å²) in [6.45, 7) is 2.96. The zero-order valence-corrected chi connectivity index (χ0v) is 10.7. The molecule has 0 saturated heterocycles. The van der Waals surface area contributed by atoms with Gasteiger partial charge in [-0.25, -0.2) is 4.79 Å². The summed E-state index contributed by atoms with van der Waals surface area (Å²) in [4.78, 5) is 9.25. The van der Waals surface area contributed by atoms with Gasteiger partial charge in [-0.3, -0.25) is 0 Å². The molecule has 1 N–H and O–H groups in total.